The van der Waals surface area contributed by atoms with E-state index in [0.717, 1.165) is 32.8 Å². The molecule has 4 heteroatoms. The van der Waals surface area contributed by atoms with Gasteiger partial charge in [0.1, 0.15) is 0 Å². The van der Waals surface area contributed by atoms with E-state index in [1.54, 1.807) is 0 Å². The Labute approximate surface area is 156 Å². The molecule has 148 valence electrons. The van der Waals surface area contributed by atoms with Crippen molar-refractivity contribution in [2.24, 2.45) is 23.7 Å². The van der Waals surface area contributed by atoms with Gasteiger partial charge in [0, 0.05) is 31.7 Å². The van der Waals surface area contributed by atoms with Crippen LogP contribution in [0.25, 0.3) is 0 Å². The maximum absolute atomic E-state index is 6.30. The van der Waals surface area contributed by atoms with Crippen LogP contribution in [-0.2, 0) is 9.47 Å². The molecule has 2 rings (SSSR count). The average molecular weight is 355 g/mol. The normalized spacial score (nSPS) is 34.2. The lowest BCUT2D eigenvalue weighted by Crippen LogP contribution is -2.59. The molecule has 4 nitrogen and oxygen atoms in total. The first kappa shape index (κ1) is 21.1. The summed E-state index contributed by atoms with van der Waals surface area (Å²) in [5.74, 6) is 2.32. The maximum atomic E-state index is 6.30. The minimum absolute atomic E-state index is 0.326. The highest BCUT2D eigenvalue weighted by molar-refractivity contribution is 4.93. The van der Waals surface area contributed by atoms with Crippen molar-refractivity contribution >= 4 is 0 Å². The van der Waals surface area contributed by atoms with Gasteiger partial charge in [0.2, 0.25) is 0 Å². The van der Waals surface area contributed by atoms with E-state index < -0.39 is 0 Å². The molecule has 2 fully saturated rings. The summed E-state index contributed by atoms with van der Waals surface area (Å²) in [6.45, 7) is 21.2. The Kier molecular flexibility index (Phi) is 7.75. The van der Waals surface area contributed by atoms with Gasteiger partial charge in [0.25, 0.3) is 0 Å². The molecule has 0 amide bonds. The van der Waals surface area contributed by atoms with Crippen LogP contribution in [0.2, 0.25) is 0 Å². The smallest absolute Gasteiger partial charge is 0.0770 e. The fourth-order valence-electron chi connectivity index (χ4n) is 5.06. The highest BCUT2D eigenvalue weighted by atomic mass is 16.5. The first-order chi connectivity index (χ1) is 11.7. The Morgan fingerprint density at radius 3 is 1.88 bits per heavy atom. The summed E-state index contributed by atoms with van der Waals surface area (Å²) in [5, 5.41) is 0. The van der Waals surface area contributed by atoms with Crippen LogP contribution in [-0.4, -0.2) is 74.0 Å². The number of morpholine rings is 2. The van der Waals surface area contributed by atoms with Crippen molar-refractivity contribution < 1.29 is 9.47 Å². The minimum atomic E-state index is 0.326. The van der Waals surface area contributed by atoms with Gasteiger partial charge in [0.15, 0.2) is 0 Å². The van der Waals surface area contributed by atoms with Gasteiger partial charge in [-0.2, -0.15) is 0 Å². The van der Waals surface area contributed by atoms with Gasteiger partial charge in [-0.15, -0.1) is 0 Å². The molecule has 0 radical (unpaired) electrons. The molecule has 0 aliphatic carbocycles. The molecule has 2 heterocycles. The Morgan fingerprint density at radius 1 is 0.760 bits per heavy atom. The highest BCUT2D eigenvalue weighted by Gasteiger charge is 2.40. The molecule has 5 unspecified atom stereocenters. The molecule has 0 aromatic heterocycles. The van der Waals surface area contributed by atoms with Crippen LogP contribution in [0.5, 0.6) is 0 Å². The Hall–Kier alpha value is -0.160. The monoisotopic (exact) mass is 354 g/mol. The second-order valence-corrected chi connectivity index (χ2v) is 9.34. The third-order valence-electron chi connectivity index (χ3n) is 6.15. The summed E-state index contributed by atoms with van der Waals surface area (Å²) >= 11 is 0. The van der Waals surface area contributed by atoms with Crippen molar-refractivity contribution in [3.63, 3.8) is 0 Å². The molecule has 0 aromatic carbocycles. The summed E-state index contributed by atoms with van der Waals surface area (Å²) in [4.78, 5) is 5.20. The van der Waals surface area contributed by atoms with E-state index in [-0.39, 0.29) is 0 Å². The lowest BCUT2D eigenvalue weighted by molar-refractivity contribution is -0.131. The number of likely N-dealkylation sites (N-methyl/N-ethyl adjacent to an activating group) is 1. The standard InChI is InChI=1S/C21H42N2O2/c1-14(2)18-21(25-11-9-22(18)8)17(7)13-23-10-12-24-20(16(5)6)19(23)15(3)4/h14-21H,9-13H2,1-8H3. The summed E-state index contributed by atoms with van der Waals surface area (Å²) in [5.41, 5.74) is 0. The molecule has 0 spiro atoms. The van der Waals surface area contributed by atoms with Crippen molar-refractivity contribution in [1.82, 2.24) is 9.80 Å². The first-order valence-corrected chi connectivity index (χ1v) is 10.4. The quantitative estimate of drug-likeness (QED) is 0.730. The van der Waals surface area contributed by atoms with Crippen molar-refractivity contribution in [2.45, 2.75) is 72.8 Å². The first-order valence-electron chi connectivity index (χ1n) is 10.4. The van der Waals surface area contributed by atoms with Crippen LogP contribution in [0.4, 0.5) is 0 Å². The zero-order valence-electron chi connectivity index (χ0n) is 17.9. The number of ether oxygens (including phenoxy) is 2. The topological polar surface area (TPSA) is 24.9 Å². The van der Waals surface area contributed by atoms with Crippen LogP contribution < -0.4 is 0 Å². The number of hydrogen-bond donors (Lipinski definition) is 0. The lowest BCUT2D eigenvalue weighted by atomic mass is 9.85. The van der Waals surface area contributed by atoms with Gasteiger partial charge in [0.05, 0.1) is 25.4 Å². The molecular formula is C21H42N2O2. The van der Waals surface area contributed by atoms with Gasteiger partial charge in [-0.3, -0.25) is 9.80 Å². The Morgan fingerprint density at radius 2 is 1.32 bits per heavy atom. The van der Waals surface area contributed by atoms with Gasteiger partial charge in [-0.1, -0.05) is 48.5 Å². The van der Waals surface area contributed by atoms with Gasteiger partial charge in [-0.05, 0) is 30.7 Å². The zero-order chi connectivity index (χ0) is 18.7. The van der Waals surface area contributed by atoms with E-state index in [9.17, 15) is 0 Å². The van der Waals surface area contributed by atoms with Crippen molar-refractivity contribution in [1.29, 1.82) is 0 Å². The Bertz CT molecular complexity index is 399. The molecule has 2 saturated heterocycles. The second kappa shape index (κ2) is 9.16. The fraction of sp³-hybridized carbons (Fsp3) is 1.00. The van der Waals surface area contributed by atoms with Gasteiger partial charge in [-0.25, -0.2) is 0 Å². The van der Waals surface area contributed by atoms with Crippen molar-refractivity contribution in [2.75, 3.05) is 39.9 Å². The highest BCUT2D eigenvalue weighted by Crippen LogP contribution is 2.30. The molecule has 0 N–H and O–H groups in total. The molecule has 25 heavy (non-hydrogen) atoms. The third kappa shape index (κ3) is 4.97. The summed E-state index contributed by atoms with van der Waals surface area (Å²) < 4.78 is 12.5. The van der Waals surface area contributed by atoms with E-state index in [2.05, 4.69) is 65.3 Å². The van der Waals surface area contributed by atoms with E-state index in [1.165, 1.54) is 0 Å². The fourth-order valence-corrected chi connectivity index (χ4v) is 5.06. The van der Waals surface area contributed by atoms with Crippen LogP contribution in [0.3, 0.4) is 0 Å². The van der Waals surface area contributed by atoms with E-state index in [0.29, 0.717) is 48.0 Å². The van der Waals surface area contributed by atoms with Crippen LogP contribution in [0.15, 0.2) is 0 Å². The van der Waals surface area contributed by atoms with Crippen molar-refractivity contribution in [3.05, 3.63) is 0 Å². The number of rotatable bonds is 6. The predicted molar refractivity (Wildman–Crippen MR) is 105 cm³/mol. The summed E-state index contributed by atoms with van der Waals surface area (Å²) in [6, 6.07) is 1.03. The molecule has 2 aliphatic rings. The second-order valence-electron chi connectivity index (χ2n) is 9.34. The Balaban J connectivity index is 2.10. The SMILES string of the molecule is CC(C)C1OCCN(CC(C)C2OCCN(C)C2C(C)C)C1C(C)C. The number of nitrogens with zero attached hydrogens (tertiary/aromatic N) is 2. The number of hydrogen-bond acceptors (Lipinski definition) is 4. The molecule has 2 aliphatic heterocycles. The maximum Gasteiger partial charge on any atom is 0.0770 e. The predicted octanol–water partition coefficient (Wildman–Crippen LogP) is 3.36. The largest absolute Gasteiger partial charge is 0.375 e. The molecule has 0 bridgehead atoms. The molecule has 5 atom stereocenters. The van der Waals surface area contributed by atoms with E-state index in [1.807, 2.05) is 0 Å². The van der Waals surface area contributed by atoms with E-state index >= 15 is 0 Å². The summed E-state index contributed by atoms with van der Waals surface area (Å²) in [6.07, 6.45) is 0.670. The van der Waals surface area contributed by atoms with Crippen LogP contribution in [0.1, 0.15) is 48.5 Å². The third-order valence-corrected chi connectivity index (χ3v) is 6.15. The molecule has 0 aromatic rings. The van der Waals surface area contributed by atoms with Gasteiger partial charge < -0.3 is 9.47 Å². The van der Waals surface area contributed by atoms with E-state index in [4.69, 9.17) is 9.47 Å². The zero-order valence-corrected chi connectivity index (χ0v) is 17.9. The van der Waals surface area contributed by atoms with Crippen LogP contribution >= 0.6 is 0 Å². The average Bonchev–Trinajstić information content (AvgIpc) is 2.53. The lowest BCUT2D eigenvalue weighted by Gasteiger charge is -2.49. The minimum Gasteiger partial charge on any atom is -0.375 e. The van der Waals surface area contributed by atoms with Gasteiger partial charge >= 0.3 is 0 Å². The summed E-state index contributed by atoms with van der Waals surface area (Å²) in [7, 11) is 2.26. The molecular weight excluding hydrogens is 312 g/mol. The van der Waals surface area contributed by atoms with Crippen LogP contribution in [0, 0.1) is 23.7 Å². The molecule has 0 saturated carbocycles. The van der Waals surface area contributed by atoms with Crippen molar-refractivity contribution in [3.8, 4) is 0 Å².